The molecule has 0 aliphatic carbocycles. The van der Waals surface area contributed by atoms with E-state index in [9.17, 15) is 0 Å². The first-order valence-corrected chi connectivity index (χ1v) is 14.5. The smallest absolute Gasteiger partial charge is 0.260 e. The number of rotatable bonds is 7. The molecule has 1 saturated heterocycles. The van der Waals surface area contributed by atoms with E-state index < -0.39 is 19.7 Å². The molecule has 1 unspecified atom stereocenters. The molecule has 1 aliphatic heterocycles. The van der Waals surface area contributed by atoms with Gasteiger partial charge in [0, 0.05) is 12.7 Å². The van der Waals surface area contributed by atoms with E-state index in [4.69, 9.17) is 18.9 Å². The van der Waals surface area contributed by atoms with E-state index in [0.717, 1.165) is 22.4 Å². The fourth-order valence-electron chi connectivity index (χ4n) is 4.51. The molecule has 1 aliphatic rings. The van der Waals surface area contributed by atoms with Gasteiger partial charge < -0.3 is 9.16 Å². The standard InChI is InChI=1S/C27H40O4Si/c1-19(2)26(20(3)4)27(28-8,31-30-26)23-15-11-13-21(17-23)22-14-12-16-24(18-22)29-32(9,10)25(5,6)7/h11-20H,1-10H3. The number of hydrogen-bond acceptors (Lipinski definition) is 4. The van der Waals surface area contributed by atoms with Crippen molar-refractivity contribution in [2.75, 3.05) is 7.11 Å². The van der Waals surface area contributed by atoms with Crippen LogP contribution >= 0.6 is 0 Å². The van der Waals surface area contributed by atoms with E-state index in [0.29, 0.717) is 0 Å². The summed E-state index contributed by atoms with van der Waals surface area (Å²) in [5, 5.41) is 0.145. The summed E-state index contributed by atoms with van der Waals surface area (Å²) >= 11 is 0. The molecule has 0 amide bonds. The number of methoxy groups -OCH3 is 1. The van der Waals surface area contributed by atoms with Crippen LogP contribution in [0.25, 0.3) is 11.1 Å². The van der Waals surface area contributed by atoms with Crippen LogP contribution in [-0.4, -0.2) is 21.0 Å². The maximum Gasteiger partial charge on any atom is 0.260 e. The Morgan fingerprint density at radius 2 is 1.41 bits per heavy atom. The maximum atomic E-state index is 6.54. The van der Waals surface area contributed by atoms with E-state index in [1.54, 1.807) is 7.11 Å². The number of hydrogen-bond donors (Lipinski definition) is 0. The first-order valence-electron chi connectivity index (χ1n) is 11.6. The predicted octanol–water partition coefficient (Wildman–Crippen LogP) is 7.55. The zero-order valence-electron chi connectivity index (χ0n) is 21.4. The van der Waals surface area contributed by atoms with E-state index in [2.05, 4.69) is 110 Å². The van der Waals surface area contributed by atoms with Gasteiger partial charge >= 0.3 is 0 Å². The summed E-state index contributed by atoms with van der Waals surface area (Å²) in [5.74, 6) is 0.394. The molecule has 3 rings (SSSR count). The summed E-state index contributed by atoms with van der Waals surface area (Å²) in [6.45, 7) is 19.9. The quantitative estimate of drug-likeness (QED) is 0.318. The highest BCUT2D eigenvalue weighted by Crippen LogP contribution is 2.57. The van der Waals surface area contributed by atoms with Crippen molar-refractivity contribution >= 4 is 8.32 Å². The van der Waals surface area contributed by atoms with Crippen LogP contribution in [0.2, 0.25) is 18.1 Å². The second-order valence-electron chi connectivity index (χ2n) is 11.1. The van der Waals surface area contributed by atoms with Gasteiger partial charge in [-0.25, -0.2) is 4.89 Å². The summed E-state index contributed by atoms with van der Waals surface area (Å²) < 4.78 is 12.6. The minimum atomic E-state index is -1.91. The van der Waals surface area contributed by atoms with Crippen molar-refractivity contribution in [1.29, 1.82) is 0 Å². The average molecular weight is 457 g/mol. The molecule has 32 heavy (non-hydrogen) atoms. The van der Waals surface area contributed by atoms with Gasteiger partial charge in [0.05, 0.1) is 0 Å². The molecule has 0 radical (unpaired) electrons. The van der Waals surface area contributed by atoms with E-state index in [-0.39, 0.29) is 16.9 Å². The summed E-state index contributed by atoms with van der Waals surface area (Å²) in [6.07, 6.45) is 0. The zero-order valence-corrected chi connectivity index (χ0v) is 22.4. The molecule has 1 heterocycles. The Bertz CT molecular complexity index is 933. The van der Waals surface area contributed by atoms with E-state index in [1.165, 1.54) is 0 Å². The second-order valence-corrected chi connectivity index (χ2v) is 15.8. The summed E-state index contributed by atoms with van der Waals surface area (Å²) in [7, 11) is -0.217. The fraction of sp³-hybridized carbons (Fsp3) is 0.556. The molecular weight excluding hydrogens is 416 g/mol. The highest BCUT2D eigenvalue weighted by Gasteiger charge is 2.69. The van der Waals surface area contributed by atoms with Crippen LogP contribution in [0.4, 0.5) is 0 Å². The molecule has 2 aromatic rings. The summed E-state index contributed by atoms with van der Waals surface area (Å²) in [6, 6.07) is 16.7. The third kappa shape index (κ3) is 3.94. The minimum absolute atomic E-state index is 0.145. The Balaban J connectivity index is 2.00. The number of benzene rings is 2. The van der Waals surface area contributed by atoms with Crippen LogP contribution < -0.4 is 4.43 Å². The van der Waals surface area contributed by atoms with Crippen molar-refractivity contribution in [3.05, 3.63) is 54.1 Å². The minimum Gasteiger partial charge on any atom is -0.543 e. The molecule has 5 heteroatoms. The molecule has 176 valence electrons. The van der Waals surface area contributed by atoms with Crippen molar-refractivity contribution < 1.29 is 18.9 Å². The predicted molar refractivity (Wildman–Crippen MR) is 133 cm³/mol. The first kappa shape index (κ1) is 25.0. The number of ether oxygens (including phenoxy) is 1. The molecular formula is C27H40O4Si. The monoisotopic (exact) mass is 456 g/mol. The van der Waals surface area contributed by atoms with Crippen molar-refractivity contribution in [3.8, 4) is 16.9 Å². The molecule has 4 nitrogen and oxygen atoms in total. The highest BCUT2D eigenvalue weighted by atomic mass is 28.4. The van der Waals surface area contributed by atoms with Gasteiger partial charge in [-0.15, -0.1) is 0 Å². The lowest BCUT2D eigenvalue weighted by atomic mass is 9.70. The first-order chi connectivity index (χ1) is 14.8. The Morgan fingerprint density at radius 1 is 0.844 bits per heavy atom. The van der Waals surface area contributed by atoms with Gasteiger partial charge in [-0.3, -0.25) is 0 Å². The summed E-state index contributed by atoms with van der Waals surface area (Å²) in [4.78, 5) is 11.6. The van der Waals surface area contributed by atoms with Gasteiger partial charge in [0.25, 0.3) is 5.79 Å². The molecule has 1 atom stereocenters. The van der Waals surface area contributed by atoms with Gasteiger partial charge in [0.2, 0.25) is 8.32 Å². The van der Waals surface area contributed by atoms with Crippen LogP contribution in [0, 0.1) is 11.8 Å². The molecule has 0 saturated carbocycles. The van der Waals surface area contributed by atoms with Gasteiger partial charge in [0.15, 0.2) is 5.60 Å². The Kier molecular flexibility index (Phi) is 6.71. The Labute approximate surface area is 195 Å². The van der Waals surface area contributed by atoms with E-state index >= 15 is 0 Å². The van der Waals surface area contributed by atoms with Crippen molar-refractivity contribution in [2.24, 2.45) is 11.8 Å². The lowest BCUT2D eigenvalue weighted by molar-refractivity contribution is -0.634. The molecule has 2 aromatic carbocycles. The second kappa shape index (κ2) is 8.60. The van der Waals surface area contributed by atoms with Crippen molar-refractivity contribution in [3.63, 3.8) is 0 Å². The fourth-order valence-corrected chi connectivity index (χ4v) is 5.53. The van der Waals surface area contributed by atoms with Crippen LogP contribution in [0.1, 0.15) is 54.0 Å². The lowest BCUT2D eigenvalue weighted by Crippen LogP contribution is -2.70. The Morgan fingerprint density at radius 3 is 1.88 bits per heavy atom. The molecule has 0 N–H and O–H groups in total. The topological polar surface area (TPSA) is 36.9 Å². The lowest BCUT2D eigenvalue weighted by Gasteiger charge is -2.59. The molecule has 0 aromatic heterocycles. The van der Waals surface area contributed by atoms with Crippen LogP contribution in [-0.2, 0) is 20.3 Å². The third-order valence-electron chi connectivity index (χ3n) is 7.40. The van der Waals surface area contributed by atoms with Gasteiger partial charge in [-0.1, -0.05) is 78.8 Å². The molecule has 0 bridgehead atoms. The normalized spacial score (nSPS) is 21.0. The maximum absolute atomic E-state index is 6.54. The third-order valence-corrected chi connectivity index (χ3v) is 11.8. The van der Waals surface area contributed by atoms with E-state index in [1.807, 2.05) is 0 Å². The molecule has 0 spiro atoms. The highest BCUT2D eigenvalue weighted by molar-refractivity contribution is 6.74. The van der Waals surface area contributed by atoms with Crippen LogP contribution in [0.3, 0.4) is 0 Å². The van der Waals surface area contributed by atoms with Crippen LogP contribution in [0.15, 0.2) is 48.5 Å². The van der Waals surface area contributed by atoms with Gasteiger partial charge in [-0.05, 0) is 59.3 Å². The summed E-state index contributed by atoms with van der Waals surface area (Å²) in [5.41, 5.74) is 2.60. The van der Waals surface area contributed by atoms with Crippen molar-refractivity contribution in [2.45, 2.75) is 78.0 Å². The zero-order chi connectivity index (χ0) is 23.9. The Hall–Kier alpha value is -1.66. The van der Waals surface area contributed by atoms with Gasteiger partial charge in [-0.2, -0.15) is 4.89 Å². The average Bonchev–Trinajstić information content (AvgIpc) is 2.67. The van der Waals surface area contributed by atoms with Crippen LogP contribution in [0.5, 0.6) is 5.75 Å². The SMILES string of the molecule is COC1(c2cccc(-c3cccc(O[Si](C)(C)C(C)(C)C)c3)c2)OOC1(C(C)C)C(C)C. The molecule has 1 fully saturated rings. The largest absolute Gasteiger partial charge is 0.543 e. The van der Waals surface area contributed by atoms with Gasteiger partial charge in [0.1, 0.15) is 5.75 Å². The van der Waals surface area contributed by atoms with Crippen molar-refractivity contribution in [1.82, 2.24) is 0 Å².